The number of aryl methyl sites for hydroxylation is 2. The molecule has 1 saturated heterocycles. The van der Waals surface area contributed by atoms with E-state index in [4.69, 9.17) is 0 Å². The second-order valence-electron chi connectivity index (χ2n) is 7.40. The number of rotatable bonds is 3. The lowest BCUT2D eigenvalue weighted by Crippen LogP contribution is -2.34. The lowest BCUT2D eigenvalue weighted by Gasteiger charge is -2.19. The van der Waals surface area contributed by atoms with E-state index in [1.54, 1.807) is 6.07 Å². The summed E-state index contributed by atoms with van der Waals surface area (Å²) in [6.45, 7) is 0.417. The molecular weight excluding hydrogens is 344 g/mol. The molecule has 0 bridgehead atoms. The Morgan fingerprint density at radius 1 is 1.07 bits per heavy atom. The monoisotopic (exact) mass is 366 g/mol. The number of benzene rings is 1. The molecule has 27 heavy (non-hydrogen) atoms. The molecule has 1 fully saturated rings. The van der Waals surface area contributed by atoms with Gasteiger partial charge in [-0.15, -0.1) is 0 Å². The molecule has 2 atom stereocenters. The predicted octanol–water partition coefficient (Wildman–Crippen LogP) is 2.19. The molecule has 2 N–H and O–H groups in total. The summed E-state index contributed by atoms with van der Waals surface area (Å²) in [7, 11) is 0. The summed E-state index contributed by atoms with van der Waals surface area (Å²) >= 11 is 0. The molecule has 6 heteroatoms. The van der Waals surface area contributed by atoms with Crippen molar-refractivity contribution in [3.05, 3.63) is 69.1 Å². The fourth-order valence-electron chi connectivity index (χ4n) is 4.26. The summed E-state index contributed by atoms with van der Waals surface area (Å²) in [4.78, 5) is 41.6. The van der Waals surface area contributed by atoms with Gasteiger partial charge >= 0.3 is 5.97 Å². The maximum absolute atomic E-state index is 13.0. The van der Waals surface area contributed by atoms with Crippen LogP contribution >= 0.6 is 0 Å². The van der Waals surface area contributed by atoms with Crippen molar-refractivity contribution < 1.29 is 14.7 Å². The Bertz CT molecular complexity index is 935. The number of pyridine rings is 1. The van der Waals surface area contributed by atoms with Crippen molar-refractivity contribution in [2.24, 2.45) is 5.92 Å². The minimum absolute atomic E-state index is 0.115. The number of carboxylic acid groups (broad SMARTS) is 1. The molecule has 2 aliphatic rings. The van der Waals surface area contributed by atoms with Crippen molar-refractivity contribution in [2.75, 3.05) is 13.1 Å². The van der Waals surface area contributed by atoms with Crippen molar-refractivity contribution in [1.29, 1.82) is 0 Å². The van der Waals surface area contributed by atoms with Gasteiger partial charge in [-0.3, -0.25) is 14.4 Å². The second-order valence-corrected chi connectivity index (χ2v) is 7.40. The van der Waals surface area contributed by atoms with Gasteiger partial charge < -0.3 is 15.0 Å². The summed E-state index contributed by atoms with van der Waals surface area (Å²) in [5, 5.41) is 9.62. The van der Waals surface area contributed by atoms with Gasteiger partial charge in [-0.25, -0.2) is 0 Å². The molecule has 2 unspecified atom stereocenters. The zero-order valence-corrected chi connectivity index (χ0v) is 15.0. The number of likely N-dealkylation sites (tertiary alicyclic amines) is 1. The third-order valence-corrected chi connectivity index (χ3v) is 5.72. The molecule has 0 spiro atoms. The Hall–Kier alpha value is -2.89. The number of aromatic nitrogens is 1. The topological polar surface area (TPSA) is 90.5 Å². The Morgan fingerprint density at radius 2 is 1.81 bits per heavy atom. The number of hydrogen-bond acceptors (Lipinski definition) is 3. The van der Waals surface area contributed by atoms with Crippen LogP contribution in [0.1, 0.15) is 45.9 Å². The minimum Gasteiger partial charge on any atom is -0.481 e. The Kier molecular flexibility index (Phi) is 4.56. The molecule has 0 saturated carbocycles. The van der Waals surface area contributed by atoms with E-state index in [2.05, 4.69) is 4.98 Å². The van der Waals surface area contributed by atoms with Crippen molar-refractivity contribution >= 4 is 11.9 Å². The van der Waals surface area contributed by atoms with Crippen molar-refractivity contribution in [3.63, 3.8) is 0 Å². The van der Waals surface area contributed by atoms with Gasteiger partial charge in [0.25, 0.3) is 11.5 Å². The molecule has 4 rings (SSSR count). The van der Waals surface area contributed by atoms with Crippen molar-refractivity contribution in [3.8, 4) is 0 Å². The summed E-state index contributed by atoms with van der Waals surface area (Å²) in [5.74, 6) is -2.25. The number of nitrogens with zero attached hydrogens (tertiary/aromatic N) is 1. The van der Waals surface area contributed by atoms with Crippen LogP contribution in [0.15, 0.2) is 41.2 Å². The summed E-state index contributed by atoms with van der Waals surface area (Å²) in [6, 6.07) is 11.1. The maximum atomic E-state index is 13.0. The van der Waals surface area contributed by atoms with Gasteiger partial charge in [-0.2, -0.15) is 0 Å². The zero-order chi connectivity index (χ0) is 19.0. The average molecular weight is 366 g/mol. The standard InChI is InChI=1S/C21H22N2O4/c24-19-15(10-14-8-4-5-9-18(14)22-19)20(25)23-11-16(17(12-23)21(26)27)13-6-2-1-3-7-13/h1-3,6-7,10,16-17H,4-5,8-9,11-12H2,(H,22,24)(H,26,27). The summed E-state index contributed by atoms with van der Waals surface area (Å²) in [5.41, 5.74) is 2.59. The molecular formula is C21H22N2O4. The van der Waals surface area contributed by atoms with Crippen LogP contribution in [-0.4, -0.2) is 40.0 Å². The van der Waals surface area contributed by atoms with Crippen molar-refractivity contribution in [1.82, 2.24) is 9.88 Å². The largest absolute Gasteiger partial charge is 0.481 e. The van der Waals surface area contributed by atoms with Gasteiger partial charge in [0, 0.05) is 24.7 Å². The molecule has 1 aromatic heterocycles. The van der Waals surface area contributed by atoms with E-state index in [-0.39, 0.29) is 29.5 Å². The first-order valence-corrected chi connectivity index (χ1v) is 9.36. The second kappa shape index (κ2) is 7.02. The van der Waals surface area contributed by atoms with Gasteiger partial charge in [0.15, 0.2) is 0 Å². The first-order chi connectivity index (χ1) is 13.0. The van der Waals surface area contributed by atoms with E-state index in [9.17, 15) is 19.5 Å². The molecule has 6 nitrogen and oxygen atoms in total. The Labute approximate surface area is 156 Å². The van der Waals surface area contributed by atoms with Crippen LogP contribution < -0.4 is 5.56 Å². The quantitative estimate of drug-likeness (QED) is 0.871. The van der Waals surface area contributed by atoms with E-state index in [0.717, 1.165) is 42.5 Å². The number of aliphatic carboxylic acids is 1. The molecule has 2 aromatic rings. The van der Waals surface area contributed by atoms with E-state index in [1.165, 1.54) is 4.90 Å². The smallest absolute Gasteiger partial charge is 0.308 e. The third-order valence-electron chi connectivity index (χ3n) is 5.72. The summed E-state index contributed by atoms with van der Waals surface area (Å²) < 4.78 is 0. The lowest BCUT2D eigenvalue weighted by atomic mass is 9.89. The Morgan fingerprint density at radius 3 is 2.56 bits per heavy atom. The highest BCUT2D eigenvalue weighted by atomic mass is 16.4. The number of carbonyl (C=O) groups excluding carboxylic acids is 1. The number of amides is 1. The number of H-pyrrole nitrogens is 1. The van der Waals surface area contributed by atoms with Crippen LogP contribution in [0.5, 0.6) is 0 Å². The highest BCUT2D eigenvalue weighted by Gasteiger charge is 2.41. The van der Waals surface area contributed by atoms with Crippen LogP contribution in [0.3, 0.4) is 0 Å². The zero-order valence-electron chi connectivity index (χ0n) is 15.0. The number of nitrogens with one attached hydrogen (secondary N) is 1. The maximum Gasteiger partial charge on any atom is 0.308 e. The fraction of sp³-hybridized carbons (Fsp3) is 0.381. The molecule has 1 amide bonds. The Balaban J connectivity index is 1.63. The van der Waals surface area contributed by atoms with Crippen LogP contribution in [0.25, 0.3) is 0 Å². The van der Waals surface area contributed by atoms with E-state index >= 15 is 0 Å². The number of carboxylic acids is 1. The number of hydrogen-bond donors (Lipinski definition) is 2. The molecule has 1 aliphatic carbocycles. The highest BCUT2D eigenvalue weighted by Crippen LogP contribution is 2.33. The first-order valence-electron chi connectivity index (χ1n) is 9.36. The summed E-state index contributed by atoms with van der Waals surface area (Å²) in [6.07, 6.45) is 3.78. The predicted molar refractivity (Wildman–Crippen MR) is 99.9 cm³/mol. The number of fused-ring (bicyclic) bond motifs is 1. The highest BCUT2D eigenvalue weighted by molar-refractivity contribution is 5.95. The number of carbonyl (C=O) groups is 2. The molecule has 140 valence electrons. The normalized spacial score (nSPS) is 21.7. The molecule has 1 aromatic carbocycles. The number of aromatic amines is 1. The first kappa shape index (κ1) is 17.5. The van der Waals surface area contributed by atoms with E-state index < -0.39 is 11.9 Å². The van der Waals surface area contributed by atoms with Gasteiger partial charge in [0.05, 0.1) is 5.92 Å². The van der Waals surface area contributed by atoms with E-state index in [0.29, 0.717) is 6.54 Å². The van der Waals surface area contributed by atoms with Crippen LogP contribution in [-0.2, 0) is 17.6 Å². The lowest BCUT2D eigenvalue weighted by molar-refractivity contribution is -0.141. The van der Waals surface area contributed by atoms with Crippen LogP contribution in [0.4, 0.5) is 0 Å². The average Bonchev–Trinajstić information content (AvgIpc) is 3.13. The van der Waals surface area contributed by atoms with Gasteiger partial charge in [0.2, 0.25) is 0 Å². The van der Waals surface area contributed by atoms with Gasteiger partial charge in [-0.05, 0) is 42.9 Å². The molecule has 1 aliphatic heterocycles. The van der Waals surface area contributed by atoms with Gasteiger partial charge in [0.1, 0.15) is 5.56 Å². The van der Waals surface area contributed by atoms with Crippen LogP contribution in [0, 0.1) is 5.92 Å². The van der Waals surface area contributed by atoms with E-state index in [1.807, 2.05) is 30.3 Å². The fourth-order valence-corrected chi connectivity index (χ4v) is 4.26. The SMILES string of the molecule is O=C(O)C1CN(C(=O)c2cc3c([nH]c2=O)CCCC3)CC1c1ccccc1. The third kappa shape index (κ3) is 3.27. The van der Waals surface area contributed by atoms with Gasteiger partial charge in [-0.1, -0.05) is 30.3 Å². The van der Waals surface area contributed by atoms with Crippen LogP contribution in [0.2, 0.25) is 0 Å². The molecule has 0 radical (unpaired) electrons. The van der Waals surface area contributed by atoms with Crippen molar-refractivity contribution in [2.45, 2.75) is 31.6 Å². The minimum atomic E-state index is -0.918. The molecule has 2 heterocycles.